The Kier molecular flexibility index (Phi) is 5.65. The summed E-state index contributed by atoms with van der Waals surface area (Å²) in [4.78, 5) is 17.6. The third kappa shape index (κ3) is 3.96. The van der Waals surface area contributed by atoms with Gasteiger partial charge in [-0.05, 0) is 65.6 Å². The summed E-state index contributed by atoms with van der Waals surface area (Å²) >= 11 is 0. The zero-order chi connectivity index (χ0) is 23.8. The van der Waals surface area contributed by atoms with Crippen molar-refractivity contribution in [1.29, 1.82) is 0 Å². The lowest BCUT2D eigenvalue weighted by Gasteiger charge is -2.07. The van der Waals surface area contributed by atoms with Gasteiger partial charge in [0.25, 0.3) is 5.91 Å². The highest BCUT2D eigenvalue weighted by Crippen LogP contribution is 2.36. The second-order valence-corrected chi connectivity index (χ2v) is 8.74. The van der Waals surface area contributed by atoms with E-state index in [-0.39, 0.29) is 17.8 Å². The number of carbonyl (C=O) groups excluding carboxylic acids is 1. The van der Waals surface area contributed by atoms with Gasteiger partial charge in [-0.1, -0.05) is 32.0 Å². The summed E-state index contributed by atoms with van der Waals surface area (Å²) in [6.45, 7) is 4.88. The monoisotopic (exact) mass is 456 g/mol. The van der Waals surface area contributed by atoms with E-state index in [0.29, 0.717) is 46.3 Å². The molecular weight excluding hydrogens is 431 g/mol. The number of ether oxygens (including phenoxy) is 1. The maximum atomic E-state index is 13.5. The normalized spacial score (nSPS) is 15.4. The second kappa shape index (κ2) is 8.78. The van der Waals surface area contributed by atoms with Gasteiger partial charge < -0.3 is 14.5 Å². The smallest absolute Gasteiger partial charge is 0.255 e. The molecule has 1 unspecified atom stereocenters. The SMILES string of the molecule is CNC(=O)c1c(-c2ccc(F)cc2)oc2ccc(-c3cccc(C4=NC(C(C)C)CO4)c3)cc12. The van der Waals surface area contributed by atoms with Crippen molar-refractivity contribution >= 4 is 22.8 Å². The zero-order valence-corrected chi connectivity index (χ0v) is 19.3. The van der Waals surface area contributed by atoms with Gasteiger partial charge in [-0.3, -0.25) is 4.79 Å². The molecule has 0 spiro atoms. The predicted octanol–water partition coefficient (Wildman–Crippen LogP) is 6.07. The Morgan fingerprint density at radius 2 is 1.71 bits per heavy atom. The number of nitrogens with one attached hydrogen (secondary N) is 1. The Labute approximate surface area is 197 Å². The van der Waals surface area contributed by atoms with Crippen molar-refractivity contribution in [2.24, 2.45) is 10.9 Å². The van der Waals surface area contributed by atoms with Crippen LogP contribution in [0.4, 0.5) is 4.39 Å². The first-order valence-electron chi connectivity index (χ1n) is 11.3. The minimum absolute atomic E-state index is 0.168. The van der Waals surface area contributed by atoms with Gasteiger partial charge in [-0.15, -0.1) is 0 Å². The number of nitrogens with zero attached hydrogens (tertiary/aromatic N) is 1. The zero-order valence-electron chi connectivity index (χ0n) is 19.3. The Hall–Kier alpha value is -3.93. The quantitative estimate of drug-likeness (QED) is 0.397. The van der Waals surface area contributed by atoms with E-state index in [1.807, 2.05) is 42.5 Å². The van der Waals surface area contributed by atoms with Crippen molar-refractivity contribution in [3.8, 4) is 22.5 Å². The van der Waals surface area contributed by atoms with Crippen molar-refractivity contribution in [1.82, 2.24) is 5.32 Å². The highest BCUT2D eigenvalue weighted by molar-refractivity contribution is 6.11. The van der Waals surface area contributed by atoms with E-state index >= 15 is 0 Å². The molecule has 1 aliphatic rings. The Morgan fingerprint density at radius 1 is 1.00 bits per heavy atom. The van der Waals surface area contributed by atoms with Crippen LogP contribution in [0.3, 0.4) is 0 Å². The summed E-state index contributed by atoms with van der Waals surface area (Å²) < 4.78 is 25.4. The number of furan rings is 1. The molecule has 0 fully saturated rings. The number of hydrogen-bond donors (Lipinski definition) is 1. The maximum Gasteiger partial charge on any atom is 0.255 e. The van der Waals surface area contributed by atoms with Gasteiger partial charge in [0.2, 0.25) is 5.90 Å². The number of amides is 1. The van der Waals surface area contributed by atoms with E-state index in [4.69, 9.17) is 14.1 Å². The molecule has 1 aliphatic heterocycles. The lowest BCUT2D eigenvalue weighted by molar-refractivity contribution is 0.0964. The van der Waals surface area contributed by atoms with Gasteiger partial charge in [-0.25, -0.2) is 9.38 Å². The molecule has 0 bridgehead atoms. The molecule has 0 saturated heterocycles. The number of halogens is 1. The molecule has 3 aromatic carbocycles. The van der Waals surface area contributed by atoms with Gasteiger partial charge in [0.1, 0.15) is 23.8 Å². The van der Waals surface area contributed by atoms with Crippen molar-refractivity contribution in [3.63, 3.8) is 0 Å². The average molecular weight is 457 g/mol. The highest BCUT2D eigenvalue weighted by atomic mass is 19.1. The van der Waals surface area contributed by atoms with E-state index in [1.54, 1.807) is 19.2 Å². The van der Waals surface area contributed by atoms with Gasteiger partial charge in [0, 0.05) is 23.6 Å². The second-order valence-electron chi connectivity index (χ2n) is 8.74. The van der Waals surface area contributed by atoms with Gasteiger partial charge in [0.15, 0.2) is 0 Å². The van der Waals surface area contributed by atoms with E-state index < -0.39 is 0 Å². The van der Waals surface area contributed by atoms with E-state index in [1.165, 1.54) is 12.1 Å². The number of rotatable bonds is 5. The molecule has 5 rings (SSSR count). The average Bonchev–Trinajstić information content (AvgIpc) is 3.49. The highest BCUT2D eigenvalue weighted by Gasteiger charge is 2.24. The van der Waals surface area contributed by atoms with Gasteiger partial charge in [0.05, 0.1) is 11.6 Å². The number of hydrogen-bond acceptors (Lipinski definition) is 4. The van der Waals surface area contributed by atoms with Crippen molar-refractivity contribution < 1.29 is 18.3 Å². The standard InChI is InChI=1S/C28H25FN2O3/c1-16(2)23-15-33-28(31-23)20-6-4-5-18(13-20)19-9-12-24-22(14-19)25(27(32)30-3)26(34-24)17-7-10-21(29)11-8-17/h4-14,16,23H,15H2,1-3H3,(H,30,32). The Morgan fingerprint density at radius 3 is 2.41 bits per heavy atom. The summed E-state index contributed by atoms with van der Waals surface area (Å²) in [6.07, 6.45) is 0. The Bertz CT molecular complexity index is 1400. The van der Waals surface area contributed by atoms with E-state index in [9.17, 15) is 9.18 Å². The molecule has 5 nitrogen and oxygen atoms in total. The van der Waals surface area contributed by atoms with E-state index in [0.717, 1.165) is 16.7 Å². The first-order chi connectivity index (χ1) is 16.4. The fourth-order valence-corrected chi connectivity index (χ4v) is 4.15. The summed E-state index contributed by atoms with van der Waals surface area (Å²) in [6, 6.07) is 19.9. The molecular formula is C28H25FN2O3. The van der Waals surface area contributed by atoms with Crippen LogP contribution < -0.4 is 5.32 Å². The lowest BCUT2D eigenvalue weighted by Crippen LogP contribution is -2.18. The molecule has 0 saturated carbocycles. The van der Waals surface area contributed by atoms with E-state index in [2.05, 4.69) is 19.2 Å². The first-order valence-corrected chi connectivity index (χ1v) is 11.3. The van der Waals surface area contributed by atoms with Crippen LogP contribution in [0, 0.1) is 11.7 Å². The van der Waals surface area contributed by atoms with Crippen LogP contribution >= 0.6 is 0 Å². The molecule has 4 aromatic rings. The fraction of sp³-hybridized carbons (Fsp3) is 0.214. The number of benzene rings is 3. The minimum Gasteiger partial charge on any atom is -0.475 e. The molecule has 0 aliphatic carbocycles. The summed E-state index contributed by atoms with van der Waals surface area (Å²) in [5.74, 6) is 0.877. The third-order valence-electron chi connectivity index (χ3n) is 6.13. The van der Waals surface area contributed by atoms with Crippen LogP contribution in [-0.4, -0.2) is 31.5 Å². The van der Waals surface area contributed by atoms with Gasteiger partial charge in [-0.2, -0.15) is 0 Å². The Balaban J connectivity index is 1.59. The third-order valence-corrected chi connectivity index (χ3v) is 6.13. The largest absolute Gasteiger partial charge is 0.475 e. The topological polar surface area (TPSA) is 63.8 Å². The predicted molar refractivity (Wildman–Crippen MR) is 132 cm³/mol. The number of carbonyl (C=O) groups is 1. The maximum absolute atomic E-state index is 13.5. The van der Waals surface area contributed by atoms with Crippen molar-refractivity contribution in [2.45, 2.75) is 19.9 Å². The summed E-state index contributed by atoms with van der Waals surface area (Å²) in [5, 5.41) is 3.39. The molecule has 1 atom stereocenters. The summed E-state index contributed by atoms with van der Waals surface area (Å²) in [5.41, 5.74) is 4.48. The van der Waals surface area contributed by atoms with Crippen LogP contribution in [0.5, 0.6) is 0 Å². The molecule has 1 N–H and O–H groups in total. The van der Waals surface area contributed by atoms with Crippen LogP contribution in [0.25, 0.3) is 33.4 Å². The molecule has 1 aromatic heterocycles. The van der Waals surface area contributed by atoms with Crippen LogP contribution in [-0.2, 0) is 4.74 Å². The van der Waals surface area contributed by atoms with Crippen molar-refractivity contribution in [2.75, 3.05) is 13.7 Å². The lowest BCUT2D eigenvalue weighted by atomic mass is 9.99. The molecule has 2 heterocycles. The molecule has 0 radical (unpaired) electrons. The number of fused-ring (bicyclic) bond motifs is 1. The van der Waals surface area contributed by atoms with Crippen LogP contribution in [0.1, 0.15) is 29.8 Å². The minimum atomic E-state index is -0.348. The summed E-state index contributed by atoms with van der Waals surface area (Å²) in [7, 11) is 1.58. The fourth-order valence-electron chi connectivity index (χ4n) is 4.15. The van der Waals surface area contributed by atoms with Crippen molar-refractivity contribution in [3.05, 3.63) is 83.7 Å². The van der Waals surface area contributed by atoms with Crippen LogP contribution in [0.2, 0.25) is 0 Å². The molecule has 34 heavy (non-hydrogen) atoms. The van der Waals surface area contributed by atoms with Crippen LogP contribution in [0.15, 0.2) is 76.1 Å². The molecule has 6 heteroatoms. The first kappa shape index (κ1) is 21.9. The van der Waals surface area contributed by atoms with Gasteiger partial charge >= 0.3 is 0 Å². The molecule has 1 amide bonds. The molecule has 172 valence electrons. The number of aliphatic imine (C=N–C) groups is 1.